The van der Waals surface area contributed by atoms with Crippen LogP contribution in [0.3, 0.4) is 0 Å². The molecule has 8 heteroatoms. The SMILES string of the molecule is COc1ccc(CCN(CCC(=O)N2CCN(C)CC2)S(C)(=O)=O)cc1. The van der Waals surface area contributed by atoms with Crippen molar-refractivity contribution in [2.75, 3.05) is 59.7 Å². The van der Waals surface area contributed by atoms with Gasteiger partial charge in [-0.1, -0.05) is 12.1 Å². The number of methoxy groups -OCH3 is 1. The maximum Gasteiger partial charge on any atom is 0.223 e. The van der Waals surface area contributed by atoms with Crippen LogP contribution in [-0.4, -0.2) is 88.1 Å². The first-order valence-corrected chi connectivity index (χ1v) is 10.7. The summed E-state index contributed by atoms with van der Waals surface area (Å²) in [5, 5.41) is 0. The van der Waals surface area contributed by atoms with Gasteiger partial charge >= 0.3 is 0 Å². The van der Waals surface area contributed by atoms with E-state index in [0.717, 1.165) is 24.4 Å². The topological polar surface area (TPSA) is 70.2 Å². The van der Waals surface area contributed by atoms with E-state index in [-0.39, 0.29) is 18.9 Å². The second-order valence-corrected chi connectivity index (χ2v) is 8.68. The van der Waals surface area contributed by atoms with Gasteiger partial charge in [0.2, 0.25) is 15.9 Å². The molecule has 0 N–H and O–H groups in total. The van der Waals surface area contributed by atoms with Crippen molar-refractivity contribution >= 4 is 15.9 Å². The summed E-state index contributed by atoms with van der Waals surface area (Å²) in [4.78, 5) is 16.4. The molecule has 1 aliphatic heterocycles. The van der Waals surface area contributed by atoms with Crippen LogP contribution in [0.25, 0.3) is 0 Å². The Morgan fingerprint density at radius 1 is 1.12 bits per heavy atom. The fraction of sp³-hybridized carbons (Fsp3) is 0.611. The van der Waals surface area contributed by atoms with Crippen molar-refractivity contribution in [3.8, 4) is 5.75 Å². The third-order valence-electron chi connectivity index (χ3n) is 4.71. The van der Waals surface area contributed by atoms with Crippen LogP contribution in [-0.2, 0) is 21.2 Å². The number of nitrogens with zero attached hydrogens (tertiary/aromatic N) is 3. The molecule has 1 aromatic carbocycles. The van der Waals surface area contributed by atoms with E-state index in [1.807, 2.05) is 36.2 Å². The summed E-state index contributed by atoms with van der Waals surface area (Å²) < 4.78 is 30.6. The molecule has 1 amide bonds. The molecule has 0 aliphatic carbocycles. The van der Waals surface area contributed by atoms with Crippen LogP contribution in [0.4, 0.5) is 0 Å². The number of amides is 1. The molecule has 146 valence electrons. The Balaban J connectivity index is 1.87. The summed E-state index contributed by atoms with van der Waals surface area (Å²) in [6, 6.07) is 7.57. The molecule has 0 bridgehead atoms. The van der Waals surface area contributed by atoms with E-state index in [4.69, 9.17) is 4.74 Å². The fourth-order valence-corrected chi connectivity index (χ4v) is 3.77. The Kier molecular flexibility index (Phi) is 7.43. The van der Waals surface area contributed by atoms with Gasteiger partial charge in [-0.3, -0.25) is 4.79 Å². The van der Waals surface area contributed by atoms with Gasteiger partial charge in [-0.2, -0.15) is 0 Å². The molecule has 1 saturated heterocycles. The second-order valence-electron chi connectivity index (χ2n) is 6.69. The monoisotopic (exact) mass is 383 g/mol. The third kappa shape index (κ3) is 6.26. The smallest absolute Gasteiger partial charge is 0.223 e. The van der Waals surface area contributed by atoms with E-state index >= 15 is 0 Å². The molecular weight excluding hydrogens is 354 g/mol. The minimum absolute atomic E-state index is 0.0243. The van der Waals surface area contributed by atoms with Crippen LogP contribution >= 0.6 is 0 Å². The summed E-state index contributed by atoms with van der Waals surface area (Å²) in [7, 11) is 0.290. The highest BCUT2D eigenvalue weighted by Crippen LogP contribution is 2.13. The summed E-state index contributed by atoms with van der Waals surface area (Å²) in [6.07, 6.45) is 2.01. The highest BCUT2D eigenvalue weighted by Gasteiger charge is 2.22. The fourth-order valence-electron chi connectivity index (χ4n) is 2.92. The molecule has 0 spiro atoms. The highest BCUT2D eigenvalue weighted by molar-refractivity contribution is 7.88. The van der Waals surface area contributed by atoms with Crippen LogP contribution in [0.1, 0.15) is 12.0 Å². The van der Waals surface area contributed by atoms with Gasteiger partial charge in [-0.05, 0) is 31.2 Å². The molecule has 0 saturated carbocycles. The van der Waals surface area contributed by atoms with E-state index in [0.29, 0.717) is 26.1 Å². The Morgan fingerprint density at radius 3 is 2.27 bits per heavy atom. The predicted molar refractivity (Wildman–Crippen MR) is 102 cm³/mol. The van der Waals surface area contributed by atoms with Crippen molar-refractivity contribution in [3.63, 3.8) is 0 Å². The lowest BCUT2D eigenvalue weighted by atomic mass is 10.1. The Hall–Kier alpha value is -1.64. The standard InChI is InChI=1S/C18H29N3O4S/c1-19-12-14-20(15-13-19)18(22)9-11-21(26(3,23)24)10-8-16-4-6-17(25-2)7-5-16/h4-7H,8-15H2,1-3H3. The Morgan fingerprint density at radius 2 is 1.73 bits per heavy atom. The largest absolute Gasteiger partial charge is 0.497 e. The van der Waals surface area contributed by atoms with Crippen LogP contribution in [0.5, 0.6) is 5.75 Å². The third-order valence-corrected chi connectivity index (χ3v) is 6.01. The van der Waals surface area contributed by atoms with E-state index in [1.165, 1.54) is 10.6 Å². The number of hydrogen-bond acceptors (Lipinski definition) is 5. The van der Waals surface area contributed by atoms with Crippen molar-refractivity contribution in [2.24, 2.45) is 0 Å². The molecule has 0 unspecified atom stereocenters. The van der Waals surface area contributed by atoms with Crippen molar-refractivity contribution in [1.82, 2.24) is 14.1 Å². The number of carbonyl (C=O) groups is 1. The van der Waals surface area contributed by atoms with Crippen LogP contribution in [0, 0.1) is 0 Å². The minimum atomic E-state index is -3.35. The van der Waals surface area contributed by atoms with Crippen LogP contribution in [0.2, 0.25) is 0 Å². The first kappa shape index (κ1) is 20.7. The van der Waals surface area contributed by atoms with E-state index in [9.17, 15) is 13.2 Å². The second kappa shape index (κ2) is 9.34. The highest BCUT2D eigenvalue weighted by atomic mass is 32.2. The summed E-state index contributed by atoms with van der Waals surface area (Å²) >= 11 is 0. The van der Waals surface area contributed by atoms with Gasteiger partial charge in [0.25, 0.3) is 0 Å². The van der Waals surface area contributed by atoms with Crippen LogP contribution in [0.15, 0.2) is 24.3 Å². The molecular formula is C18H29N3O4S. The van der Waals surface area contributed by atoms with Crippen molar-refractivity contribution < 1.29 is 17.9 Å². The number of rotatable bonds is 8. The Labute approximate surface area is 156 Å². The molecule has 0 aromatic heterocycles. The van der Waals surface area contributed by atoms with Gasteiger partial charge in [0.1, 0.15) is 5.75 Å². The predicted octanol–water partition coefficient (Wildman–Crippen LogP) is 0.663. The van der Waals surface area contributed by atoms with Gasteiger partial charge in [-0.25, -0.2) is 12.7 Å². The molecule has 1 fully saturated rings. The number of hydrogen-bond donors (Lipinski definition) is 0. The van der Waals surface area contributed by atoms with Gasteiger partial charge in [0.05, 0.1) is 13.4 Å². The van der Waals surface area contributed by atoms with Crippen molar-refractivity contribution in [1.29, 1.82) is 0 Å². The molecule has 1 aliphatic rings. The van der Waals surface area contributed by atoms with Crippen molar-refractivity contribution in [3.05, 3.63) is 29.8 Å². The molecule has 2 rings (SSSR count). The maximum atomic E-state index is 12.4. The number of sulfonamides is 1. The minimum Gasteiger partial charge on any atom is -0.497 e. The van der Waals surface area contributed by atoms with Crippen LogP contribution < -0.4 is 4.74 Å². The number of carbonyl (C=O) groups excluding carboxylic acids is 1. The zero-order valence-corrected chi connectivity index (χ0v) is 16.7. The first-order chi connectivity index (χ1) is 12.3. The molecule has 0 radical (unpaired) electrons. The van der Waals surface area contributed by atoms with E-state index in [1.54, 1.807) is 7.11 Å². The molecule has 1 aromatic rings. The number of benzene rings is 1. The normalized spacial score (nSPS) is 16.1. The molecule has 7 nitrogen and oxygen atoms in total. The zero-order valence-electron chi connectivity index (χ0n) is 15.8. The number of piperazine rings is 1. The maximum absolute atomic E-state index is 12.4. The summed E-state index contributed by atoms with van der Waals surface area (Å²) in [6.45, 7) is 3.72. The van der Waals surface area contributed by atoms with Gasteiger partial charge in [-0.15, -0.1) is 0 Å². The summed E-state index contributed by atoms with van der Waals surface area (Å²) in [5.41, 5.74) is 1.03. The zero-order chi connectivity index (χ0) is 19.2. The van der Waals surface area contributed by atoms with Gasteiger partial charge in [0, 0.05) is 45.7 Å². The molecule has 0 atom stereocenters. The number of likely N-dealkylation sites (N-methyl/N-ethyl adjacent to an activating group) is 1. The van der Waals surface area contributed by atoms with Gasteiger partial charge < -0.3 is 14.5 Å². The lowest BCUT2D eigenvalue weighted by Gasteiger charge is -2.33. The average Bonchev–Trinajstić information content (AvgIpc) is 2.61. The van der Waals surface area contributed by atoms with E-state index < -0.39 is 10.0 Å². The van der Waals surface area contributed by atoms with Crippen molar-refractivity contribution in [2.45, 2.75) is 12.8 Å². The average molecular weight is 384 g/mol. The lowest BCUT2D eigenvalue weighted by molar-refractivity contribution is -0.132. The molecule has 26 heavy (non-hydrogen) atoms. The Bertz CT molecular complexity index is 683. The number of ether oxygens (including phenoxy) is 1. The van der Waals surface area contributed by atoms with E-state index in [2.05, 4.69) is 4.90 Å². The van der Waals surface area contributed by atoms with Gasteiger partial charge in [0.15, 0.2) is 0 Å². The first-order valence-electron chi connectivity index (χ1n) is 8.84. The quantitative estimate of drug-likeness (QED) is 0.660. The molecule has 1 heterocycles. The lowest BCUT2D eigenvalue weighted by Crippen LogP contribution is -2.48. The summed E-state index contributed by atoms with van der Waals surface area (Å²) in [5.74, 6) is 0.794.